The number of benzene rings is 3. The number of anilines is 2. The molecule has 5 rings (SSSR count). The molecule has 8 heteroatoms. The summed E-state index contributed by atoms with van der Waals surface area (Å²) in [5, 5.41) is 18.6. The first-order valence-corrected chi connectivity index (χ1v) is 12.8. The molecule has 1 aromatic heterocycles. The standard InChI is InChI=1S/C27H19ClFNO3S2/c28-22-6-1-2-7-24(22)35-25-23(31)15-27(33-26(25)32,18-12-13-34-16-18)17-4-3-5-21(14-17)30-20-10-8-19(29)9-11-20/h1-14,16,30-31H,15H2/t27-/m0/s1. The zero-order chi connectivity index (χ0) is 24.4. The molecule has 0 bridgehead atoms. The molecule has 2 N–H and O–H groups in total. The van der Waals surface area contributed by atoms with Crippen LogP contribution in [0.1, 0.15) is 17.5 Å². The van der Waals surface area contributed by atoms with E-state index in [1.165, 1.54) is 23.5 Å². The van der Waals surface area contributed by atoms with E-state index in [1.807, 2.05) is 47.2 Å². The number of cyclic esters (lactones) is 1. The van der Waals surface area contributed by atoms with Crippen LogP contribution in [0.2, 0.25) is 5.02 Å². The van der Waals surface area contributed by atoms with E-state index in [9.17, 15) is 14.3 Å². The van der Waals surface area contributed by atoms with Crippen molar-refractivity contribution in [3.63, 3.8) is 0 Å². The molecule has 1 aliphatic heterocycles. The number of thioether (sulfide) groups is 1. The number of aliphatic hydroxyl groups is 1. The normalized spacial score (nSPS) is 17.8. The van der Waals surface area contributed by atoms with E-state index in [1.54, 1.807) is 30.3 Å². The number of carbonyl (C=O) groups is 1. The molecule has 176 valence electrons. The van der Waals surface area contributed by atoms with Gasteiger partial charge in [-0.25, -0.2) is 9.18 Å². The van der Waals surface area contributed by atoms with E-state index in [4.69, 9.17) is 16.3 Å². The highest BCUT2D eigenvalue weighted by Gasteiger charge is 2.45. The molecule has 1 atom stereocenters. The summed E-state index contributed by atoms with van der Waals surface area (Å²) in [6.45, 7) is 0. The SMILES string of the molecule is O=C1O[C@](c2ccsc2)(c2cccc(Nc3ccc(F)cc3)c2)CC(O)=C1Sc1ccccc1Cl. The quantitative estimate of drug-likeness (QED) is 0.250. The minimum Gasteiger partial charge on any atom is -0.511 e. The van der Waals surface area contributed by atoms with Gasteiger partial charge in [0.15, 0.2) is 5.60 Å². The Morgan fingerprint density at radius 1 is 1.00 bits per heavy atom. The maximum absolute atomic E-state index is 13.3. The second kappa shape index (κ2) is 9.77. The third-order valence-electron chi connectivity index (χ3n) is 5.63. The first-order chi connectivity index (χ1) is 16.9. The highest BCUT2D eigenvalue weighted by Crippen LogP contribution is 2.48. The van der Waals surface area contributed by atoms with E-state index >= 15 is 0 Å². The van der Waals surface area contributed by atoms with Crippen molar-refractivity contribution in [2.45, 2.75) is 16.9 Å². The number of halogens is 2. The summed E-state index contributed by atoms with van der Waals surface area (Å²) in [5.74, 6) is -1.00. The lowest BCUT2D eigenvalue weighted by atomic mass is 9.82. The van der Waals surface area contributed by atoms with Crippen LogP contribution in [0.3, 0.4) is 0 Å². The number of nitrogens with one attached hydrogen (secondary N) is 1. The number of ether oxygens (including phenoxy) is 1. The third-order valence-corrected chi connectivity index (χ3v) is 7.94. The average molecular weight is 524 g/mol. The second-order valence-electron chi connectivity index (χ2n) is 7.93. The number of carbonyl (C=O) groups excluding carboxylic acids is 1. The lowest BCUT2D eigenvalue weighted by Crippen LogP contribution is -2.38. The number of aliphatic hydroxyl groups excluding tert-OH is 1. The van der Waals surface area contributed by atoms with Crippen molar-refractivity contribution in [3.8, 4) is 0 Å². The van der Waals surface area contributed by atoms with Gasteiger partial charge >= 0.3 is 5.97 Å². The van der Waals surface area contributed by atoms with Crippen LogP contribution >= 0.6 is 34.7 Å². The molecule has 0 amide bonds. The summed E-state index contributed by atoms with van der Waals surface area (Å²) in [6, 6.07) is 22.5. The molecule has 0 aliphatic carbocycles. The molecule has 2 heterocycles. The lowest BCUT2D eigenvalue weighted by molar-refractivity contribution is -0.154. The van der Waals surface area contributed by atoms with Crippen LogP contribution in [-0.4, -0.2) is 11.1 Å². The largest absolute Gasteiger partial charge is 0.511 e. The fourth-order valence-corrected chi connectivity index (χ4v) is 5.76. The third kappa shape index (κ3) is 4.80. The zero-order valence-electron chi connectivity index (χ0n) is 18.2. The van der Waals surface area contributed by atoms with Crippen molar-refractivity contribution in [1.29, 1.82) is 0 Å². The van der Waals surface area contributed by atoms with Gasteiger partial charge in [0.25, 0.3) is 0 Å². The average Bonchev–Trinajstić information content (AvgIpc) is 3.40. The van der Waals surface area contributed by atoms with Gasteiger partial charge in [-0.05, 0) is 65.4 Å². The zero-order valence-corrected chi connectivity index (χ0v) is 20.6. The first-order valence-electron chi connectivity index (χ1n) is 10.7. The Labute approximate surface area is 215 Å². The Kier molecular flexibility index (Phi) is 6.56. The fraction of sp³-hybridized carbons (Fsp3) is 0.0741. The van der Waals surface area contributed by atoms with Crippen molar-refractivity contribution in [1.82, 2.24) is 0 Å². The summed E-state index contributed by atoms with van der Waals surface area (Å²) in [7, 11) is 0. The minimum atomic E-state index is -1.20. The number of thiophene rings is 1. The highest BCUT2D eigenvalue weighted by atomic mass is 35.5. The van der Waals surface area contributed by atoms with Crippen LogP contribution in [0, 0.1) is 5.82 Å². The molecule has 1 aliphatic rings. The van der Waals surface area contributed by atoms with Gasteiger partial charge in [-0.15, -0.1) is 0 Å². The van der Waals surface area contributed by atoms with Crippen molar-refractivity contribution >= 4 is 52.0 Å². The molecule has 0 spiro atoms. The number of esters is 1. The van der Waals surface area contributed by atoms with Gasteiger partial charge < -0.3 is 15.2 Å². The molecule has 0 unspecified atom stereocenters. The van der Waals surface area contributed by atoms with E-state index in [-0.39, 0.29) is 22.9 Å². The summed E-state index contributed by atoms with van der Waals surface area (Å²) >= 11 is 8.83. The molecular formula is C27H19ClFNO3S2. The summed E-state index contributed by atoms with van der Waals surface area (Å²) in [5.41, 5.74) is 1.72. The van der Waals surface area contributed by atoms with Crippen LogP contribution in [0.5, 0.6) is 0 Å². The van der Waals surface area contributed by atoms with E-state index in [2.05, 4.69) is 5.32 Å². The van der Waals surface area contributed by atoms with Gasteiger partial charge in [0.1, 0.15) is 16.5 Å². The Bertz CT molecular complexity index is 1410. The van der Waals surface area contributed by atoms with Crippen molar-refractivity contribution in [2.75, 3.05) is 5.32 Å². The topological polar surface area (TPSA) is 58.6 Å². The number of hydrogen-bond acceptors (Lipinski definition) is 6. The van der Waals surface area contributed by atoms with Gasteiger partial charge in [-0.2, -0.15) is 11.3 Å². The maximum atomic E-state index is 13.3. The highest BCUT2D eigenvalue weighted by molar-refractivity contribution is 8.04. The van der Waals surface area contributed by atoms with E-state index in [0.717, 1.165) is 28.7 Å². The molecule has 4 nitrogen and oxygen atoms in total. The van der Waals surface area contributed by atoms with Crippen LogP contribution in [0.25, 0.3) is 0 Å². The Hall–Kier alpha value is -3.26. The van der Waals surface area contributed by atoms with Gasteiger partial charge in [-0.3, -0.25) is 0 Å². The number of rotatable bonds is 6. The Morgan fingerprint density at radius 3 is 2.51 bits per heavy atom. The summed E-state index contributed by atoms with van der Waals surface area (Å²) in [6.07, 6.45) is 0.0717. The molecule has 0 saturated carbocycles. The molecule has 0 fully saturated rings. The molecule has 3 aromatic carbocycles. The summed E-state index contributed by atoms with van der Waals surface area (Å²) < 4.78 is 19.4. The Balaban J connectivity index is 1.52. The predicted octanol–water partition coefficient (Wildman–Crippen LogP) is 8.04. The minimum absolute atomic E-state index is 0.0609. The van der Waals surface area contributed by atoms with Crippen molar-refractivity contribution in [3.05, 3.63) is 122 Å². The molecule has 0 radical (unpaired) electrons. The molecule has 0 saturated heterocycles. The predicted molar refractivity (Wildman–Crippen MR) is 139 cm³/mol. The Morgan fingerprint density at radius 2 is 1.80 bits per heavy atom. The summed E-state index contributed by atoms with van der Waals surface area (Å²) in [4.78, 5) is 14.0. The molecule has 35 heavy (non-hydrogen) atoms. The van der Waals surface area contributed by atoms with Gasteiger partial charge in [0.2, 0.25) is 0 Å². The van der Waals surface area contributed by atoms with Gasteiger partial charge in [0, 0.05) is 27.4 Å². The monoisotopic (exact) mass is 523 g/mol. The fourth-order valence-electron chi connectivity index (χ4n) is 3.94. The van der Waals surface area contributed by atoms with Gasteiger partial charge in [0.05, 0.1) is 11.4 Å². The van der Waals surface area contributed by atoms with Crippen LogP contribution < -0.4 is 5.32 Å². The maximum Gasteiger partial charge on any atom is 0.349 e. The molecular weight excluding hydrogens is 505 g/mol. The van der Waals surface area contributed by atoms with Crippen molar-refractivity contribution in [2.24, 2.45) is 0 Å². The smallest absolute Gasteiger partial charge is 0.349 e. The van der Waals surface area contributed by atoms with E-state index in [0.29, 0.717) is 15.5 Å². The van der Waals surface area contributed by atoms with E-state index < -0.39 is 11.6 Å². The number of hydrogen-bond donors (Lipinski definition) is 2. The second-order valence-corrected chi connectivity index (χ2v) is 10.2. The van der Waals surface area contributed by atoms with Crippen LogP contribution in [0.15, 0.2) is 105 Å². The lowest BCUT2D eigenvalue weighted by Gasteiger charge is -2.37. The first kappa shape index (κ1) is 23.5. The van der Waals surface area contributed by atoms with Crippen LogP contribution in [-0.2, 0) is 15.1 Å². The van der Waals surface area contributed by atoms with Crippen molar-refractivity contribution < 1.29 is 19.0 Å². The van der Waals surface area contributed by atoms with Crippen LogP contribution in [0.4, 0.5) is 15.8 Å². The van der Waals surface area contributed by atoms with Gasteiger partial charge in [-0.1, -0.05) is 47.6 Å². The molecule has 4 aromatic rings.